The van der Waals surface area contributed by atoms with Crippen molar-refractivity contribution in [3.63, 3.8) is 0 Å². The highest BCUT2D eigenvalue weighted by molar-refractivity contribution is 5.96. The SMILES string of the molecule is Cc1cc(NC(=O)C(C)O)cc(Nc2ncc(F)c(Nc3ccc4c(n3)NC(=O)C(C)(C)CO4)n2)c1. The minimum Gasteiger partial charge on any atom is -0.489 e. The monoisotopic (exact) mass is 495 g/mol. The molecule has 0 radical (unpaired) electrons. The maximum Gasteiger partial charge on any atom is 0.252 e. The van der Waals surface area contributed by atoms with Gasteiger partial charge in [0.1, 0.15) is 18.5 Å². The first-order valence-corrected chi connectivity index (χ1v) is 11.1. The number of carbonyl (C=O) groups excluding carboxylic acids is 2. The van der Waals surface area contributed by atoms with Crippen LogP contribution in [0, 0.1) is 18.2 Å². The van der Waals surface area contributed by atoms with Gasteiger partial charge in [-0.15, -0.1) is 0 Å². The second-order valence-corrected chi connectivity index (χ2v) is 9.06. The number of aliphatic hydroxyl groups is 1. The quantitative estimate of drug-likeness (QED) is 0.346. The van der Waals surface area contributed by atoms with Gasteiger partial charge in [0.15, 0.2) is 23.2 Å². The molecule has 0 fully saturated rings. The number of aromatic nitrogens is 3. The summed E-state index contributed by atoms with van der Waals surface area (Å²) in [7, 11) is 0. The Hall–Kier alpha value is -4.32. The molecule has 0 spiro atoms. The van der Waals surface area contributed by atoms with E-state index >= 15 is 0 Å². The second kappa shape index (κ2) is 9.74. The Morgan fingerprint density at radius 1 is 1.19 bits per heavy atom. The van der Waals surface area contributed by atoms with Crippen LogP contribution in [0.15, 0.2) is 36.5 Å². The number of rotatable bonds is 6. The van der Waals surface area contributed by atoms with Crippen molar-refractivity contribution in [3.8, 4) is 5.75 Å². The minimum atomic E-state index is -1.16. The van der Waals surface area contributed by atoms with Gasteiger partial charge in [-0.3, -0.25) is 9.59 Å². The molecule has 0 saturated carbocycles. The molecule has 3 aromatic rings. The van der Waals surface area contributed by atoms with E-state index < -0.39 is 23.2 Å². The average molecular weight is 496 g/mol. The Balaban J connectivity index is 1.54. The summed E-state index contributed by atoms with van der Waals surface area (Å²) < 4.78 is 20.2. The predicted molar refractivity (Wildman–Crippen MR) is 132 cm³/mol. The fourth-order valence-electron chi connectivity index (χ4n) is 3.26. The van der Waals surface area contributed by atoms with Crippen LogP contribution in [0.1, 0.15) is 26.3 Å². The van der Waals surface area contributed by atoms with E-state index in [-0.39, 0.29) is 35.9 Å². The van der Waals surface area contributed by atoms with E-state index in [0.717, 1.165) is 11.8 Å². The van der Waals surface area contributed by atoms with Crippen LogP contribution in [0.4, 0.5) is 39.2 Å². The number of hydrogen-bond acceptors (Lipinski definition) is 9. The summed E-state index contributed by atoms with van der Waals surface area (Å²) in [4.78, 5) is 36.7. The third-order valence-corrected chi connectivity index (χ3v) is 5.26. The van der Waals surface area contributed by atoms with Crippen LogP contribution in [-0.2, 0) is 9.59 Å². The molecule has 1 unspecified atom stereocenters. The lowest BCUT2D eigenvalue weighted by Crippen LogP contribution is -2.33. The summed E-state index contributed by atoms with van der Waals surface area (Å²) in [6.45, 7) is 6.91. The van der Waals surface area contributed by atoms with Crippen molar-refractivity contribution in [1.29, 1.82) is 0 Å². The van der Waals surface area contributed by atoms with E-state index in [1.165, 1.54) is 6.92 Å². The zero-order valence-electron chi connectivity index (χ0n) is 20.1. The number of pyridine rings is 1. The number of hydrogen-bond donors (Lipinski definition) is 5. The number of aryl methyl sites for hydroxylation is 1. The summed E-state index contributed by atoms with van der Waals surface area (Å²) in [6, 6.07) is 8.36. The second-order valence-electron chi connectivity index (χ2n) is 9.06. The molecular formula is C24H26FN7O4. The summed E-state index contributed by atoms with van der Waals surface area (Å²) in [5.41, 5.74) is 1.09. The molecule has 1 aromatic carbocycles. The molecule has 0 saturated heterocycles. The molecule has 3 heterocycles. The summed E-state index contributed by atoms with van der Waals surface area (Å²) >= 11 is 0. The number of benzene rings is 1. The topological polar surface area (TPSA) is 150 Å². The minimum absolute atomic E-state index is 0.0884. The van der Waals surface area contributed by atoms with Gasteiger partial charge in [0.2, 0.25) is 11.9 Å². The van der Waals surface area contributed by atoms with E-state index in [9.17, 15) is 19.1 Å². The van der Waals surface area contributed by atoms with Crippen LogP contribution in [-0.4, -0.2) is 44.6 Å². The van der Waals surface area contributed by atoms with Gasteiger partial charge in [0, 0.05) is 11.4 Å². The summed E-state index contributed by atoms with van der Waals surface area (Å²) in [6.07, 6.45) is -0.163. The van der Waals surface area contributed by atoms with Crippen molar-refractivity contribution in [3.05, 3.63) is 47.9 Å². The first-order valence-electron chi connectivity index (χ1n) is 11.1. The molecule has 1 atom stereocenters. The highest BCUT2D eigenvalue weighted by Gasteiger charge is 2.33. The predicted octanol–water partition coefficient (Wildman–Crippen LogP) is 3.48. The highest BCUT2D eigenvalue weighted by atomic mass is 19.1. The van der Waals surface area contributed by atoms with E-state index in [4.69, 9.17) is 4.74 Å². The number of halogens is 1. The fraction of sp³-hybridized carbons (Fsp3) is 0.292. The van der Waals surface area contributed by atoms with Gasteiger partial charge in [-0.1, -0.05) is 0 Å². The van der Waals surface area contributed by atoms with Crippen LogP contribution in [0.25, 0.3) is 0 Å². The third kappa shape index (κ3) is 5.66. The van der Waals surface area contributed by atoms with Crippen LogP contribution in [0.5, 0.6) is 5.75 Å². The summed E-state index contributed by atoms with van der Waals surface area (Å²) in [5.74, 6) is -0.700. The first-order chi connectivity index (χ1) is 17.0. The number of aliphatic hydroxyl groups excluding tert-OH is 1. The van der Waals surface area contributed by atoms with Gasteiger partial charge in [-0.2, -0.15) is 4.98 Å². The summed E-state index contributed by atoms with van der Waals surface area (Å²) in [5, 5.41) is 20.5. The van der Waals surface area contributed by atoms with Gasteiger partial charge >= 0.3 is 0 Å². The molecule has 5 N–H and O–H groups in total. The van der Waals surface area contributed by atoms with Crippen molar-refractivity contribution in [1.82, 2.24) is 15.0 Å². The van der Waals surface area contributed by atoms with E-state index in [1.807, 2.05) is 6.92 Å². The van der Waals surface area contributed by atoms with E-state index in [0.29, 0.717) is 17.1 Å². The standard InChI is InChI=1S/C24H26FN7O4/c1-12-7-14(27-21(34)13(2)33)9-15(8-12)28-23-26-10-16(25)19(32-23)29-18-6-5-17-20(30-18)31-22(35)24(3,4)11-36-17/h5-10,13,33H,11H2,1-4H3,(H,27,34)(H3,26,28,29,30,31,32,35). The molecule has 188 valence electrons. The largest absolute Gasteiger partial charge is 0.489 e. The molecule has 0 bridgehead atoms. The fourth-order valence-corrected chi connectivity index (χ4v) is 3.26. The number of amides is 2. The van der Waals surface area contributed by atoms with E-state index in [2.05, 4.69) is 36.2 Å². The van der Waals surface area contributed by atoms with Crippen LogP contribution >= 0.6 is 0 Å². The third-order valence-electron chi connectivity index (χ3n) is 5.26. The number of carbonyl (C=O) groups is 2. The van der Waals surface area contributed by atoms with E-state index in [1.54, 1.807) is 44.2 Å². The number of ether oxygens (including phenoxy) is 1. The molecule has 0 aliphatic carbocycles. The molecule has 2 amide bonds. The molecule has 1 aliphatic heterocycles. The van der Waals surface area contributed by atoms with Crippen molar-refractivity contribution in [2.45, 2.75) is 33.8 Å². The average Bonchev–Trinajstić information content (AvgIpc) is 2.91. The van der Waals surface area contributed by atoms with Crippen molar-refractivity contribution in [2.75, 3.05) is 27.9 Å². The molecule has 11 nitrogen and oxygen atoms in total. The van der Waals surface area contributed by atoms with Crippen LogP contribution in [0.2, 0.25) is 0 Å². The number of fused-ring (bicyclic) bond motifs is 1. The Morgan fingerprint density at radius 2 is 1.94 bits per heavy atom. The Morgan fingerprint density at radius 3 is 2.69 bits per heavy atom. The molecule has 12 heteroatoms. The molecule has 4 rings (SSSR count). The maximum absolute atomic E-state index is 14.5. The van der Waals surface area contributed by atoms with Gasteiger partial charge in [0.25, 0.3) is 5.91 Å². The van der Waals surface area contributed by atoms with Gasteiger partial charge in [-0.25, -0.2) is 14.4 Å². The van der Waals surface area contributed by atoms with Gasteiger partial charge < -0.3 is 31.1 Å². The number of nitrogens with one attached hydrogen (secondary N) is 4. The maximum atomic E-state index is 14.5. The number of anilines is 6. The Kier molecular flexibility index (Phi) is 6.71. The normalized spacial score (nSPS) is 15.0. The zero-order valence-corrected chi connectivity index (χ0v) is 20.1. The lowest BCUT2D eigenvalue weighted by molar-refractivity contribution is -0.125. The lowest BCUT2D eigenvalue weighted by atomic mass is 9.94. The van der Waals surface area contributed by atoms with Crippen LogP contribution in [0.3, 0.4) is 0 Å². The van der Waals surface area contributed by atoms with Crippen LogP contribution < -0.4 is 26.0 Å². The lowest BCUT2D eigenvalue weighted by Gasteiger charge is -2.18. The Labute approximate surface area is 206 Å². The van der Waals surface area contributed by atoms with Crippen molar-refractivity contribution < 1.29 is 23.8 Å². The molecule has 2 aromatic heterocycles. The smallest absolute Gasteiger partial charge is 0.252 e. The zero-order chi connectivity index (χ0) is 26.0. The highest BCUT2D eigenvalue weighted by Crippen LogP contribution is 2.32. The molecular weight excluding hydrogens is 469 g/mol. The molecule has 1 aliphatic rings. The Bertz CT molecular complexity index is 1330. The first kappa shape index (κ1) is 24.8. The van der Waals surface area contributed by atoms with Gasteiger partial charge in [-0.05, 0) is 63.6 Å². The van der Waals surface area contributed by atoms with Crippen molar-refractivity contribution >= 4 is 46.6 Å². The molecule has 36 heavy (non-hydrogen) atoms. The van der Waals surface area contributed by atoms with Gasteiger partial charge in [0.05, 0.1) is 11.6 Å². The van der Waals surface area contributed by atoms with Crippen molar-refractivity contribution in [2.24, 2.45) is 5.41 Å². The number of nitrogens with zero attached hydrogens (tertiary/aromatic N) is 3.